The molecule has 0 radical (unpaired) electrons. The van der Waals surface area contributed by atoms with Gasteiger partial charge in [0.25, 0.3) is 0 Å². The fourth-order valence-corrected chi connectivity index (χ4v) is 1.54. The summed E-state index contributed by atoms with van der Waals surface area (Å²) < 4.78 is 0. The standard InChI is InChI=1S/C10H13N3/c1-7(2)10-8-4-3-5-11-6-9(8)12-13-10/h3,5-7H,4H2,1-2H3,(H,12,13). The Labute approximate surface area is 77.6 Å². The Kier molecular flexibility index (Phi) is 2.00. The molecule has 68 valence electrons. The van der Waals surface area contributed by atoms with E-state index in [0.717, 1.165) is 17.8 Å². The first-order valence-corrected chi connectivity index (χ1v) is 4.54. The molecule has 0 spiro atoms. The molecular weight excluding hydrogens is 162 g/mol. The maximum atomic E-state index is 4.29. The number of H-pyrrole nitrogens is 1. The molecule has 1 aromatic heterocycles. The summed E-state index contributed by atoms with van der Waals surface area (Å²) in [5.74, 6) is 0.472. The number of aromatic amines is 1. The van der Waals surface area contributed by atoms with Gasteiger partial charge in [-0.05, 0) is 12.3 Å². The minimum Gasteiger partial charge on any atom is -0.276 e. The van der Waals surface area contributed by atoms with Crippen molar-refractivity contribution in [3.05, 3.63) is 29.2 Å². The number of allylic oxidation sites excluding steroid dienone is 1. The number of fused-ring (bicyclic) bond motifs is 1. The predicted molar refractivity (Wildman–Crippen MR) is 53.1 cm³/mol. The average Bonchev–Trinajstić information content (AvgIpc) is 2.36. The molecule has 0 saturated heterocycles. The van der Waals surface area contributed by atoms with E-state index < -0.39 is 0 Å². The topological polar surface area (TPSA) is 41.0 Å². The quantitative estimate of drug-likeness (QED) is 0.697. The van der Waals surface area contributed by atoms with Crippen LogP contribution >= 0.6 is 0 Å². The van der Waals surface area contributed by atoms with Crippen molar-refractivity contribution in [1.29, 1.82) is 0 Å². The molecule has 0 fully saturated rings. The molecule has 0 aliphatic carbocycles. The molecule has 1 N–H and O–H groups in total. The lowest BCUT2D eigenvalue weighted by molar-refractivity contribution is 0.800. The molecule has 2 rings (SSSR count). The normalized spacial score (nSPS) is 14.7. The van der Waals surface area contributed by atoms with Crippen LogP contribution in [0.1, 0.15) is 36.7 Å². The zero-order valence-corrected chi connectivity index (χ0v) is 7.91. The molecule has 1 aliphatic rings. The van der Waals surface area contributed by atoms with Gasteiger partial charge in [-0.1, -0.05) is 19.9 Å². The zero-order chi connectivity index (χ0) is 9.26. The van der Waals surface area contributed by atoms with E-state index in [2.05, 4.69) is 35.1 Å². The van der Waals surface area contributed by atoms with Gasteiger partial charge in [0.1, 0.15) is 0 Å². The molecule has 0 atom stereocenters. The van der Waals surface area contributed by atoms with E-state index in [1.54, 1.807) is 0 Å². The fourth-order valence-electron chi connectivity index (χ4n) is 1.54. The monoisotopic (exact) mass is 175 g/mol. The Morgan fingerprint density at radius 1 is 1.46 bits per heavy atom. The third-order valence-corrected chi connectivity index (χ3v) is 2.20. The molecule has 3 nitrogen and oxygen atoms in total. The van der Waals surface area contributed by atoms with Crippen molar-refractivity contribution in [2.24, 2.45) is 4.99 Å². The summed E-state index contributed by atoms with van der Waals surface area (Å²) in [6, 6.07) is 0. The minimum atomic E-state index is 0.472. The van der Waals surface area contributed by atoms with Gasteiger partial charge in [0.15, 0.2) is 0 Å². The summed E-state index contributed by atoms with van der Waals surface area (Å²) in [5, 5.41) is 7.30. The third kappa shape index (κ3) is 1.41. The van der Waals surface area contributed by atoms with Crippen LogP contribution in [0.25, 0.3) is 0 Å². The summed E-state index contributed by atoms with van der Waals surface area (Å²) in [4.78, 5) is 4.11. The second-order valence-electron chi connectivity index (χ2n) is 3.52. The summed E-state index contributed by atoms with van der Waals surface area (Å²) in [6.45, 7) is 4.31. The maximum Gasteiger partial charge on any atom is 0.0798 e. The van der Waals surface area contributed by atoms with Crippen molar-refractivity contribution >= 4 is 6.21 Å². The average molecular weight is 175 g/mol. The Morgan fingerprint density at radius 3 is 3.08 bits per heavy atom. The summed E-state index contributed by atoms with van der Waals surface area (Å²) >= 11 is 0. The molecule has 13 heavy (non-hydrogen) atoms. The van der Waals surface area contributed by atoms with Crippen molar-refractivity contribution in [1.82, 2.24) is 10.2 Å². The number of nitrogens with one attached hydrogen (secondary N) is 1. The van der Waals surface area contributed by atoms with E-state index in [1.807, 2.05) is 12.4 Å². The smallest absolute Gasteiger partial charge is 0.0798 e. The van der Waals surface area contributed by atoms with Gasteiger partial charge in [-0.25, -0.2) is 0 Å². The van der Waals surface area contributed by atoms with Gasteiger partial charge in [-0.2, -0.15) is 5.10 Å². The molecule has 0 aromatic carbocycles. The van der Waals surface area contributed by atoms with Gasteiger partial charge in [-0.3, -0.25) is 10.1 Å². The first kappa shape index (κ1) is 8.23. The molecule has 0 amide bonds. The molecule has 3 heteroatoms. The highest BCUT2D eigenvalue weighted by Gasteiger charge is 2.13. The Bertz CT molecular complexity index is 358. The van der Waals surface area contributed by atoms with Gasteiger partial charge in [0.05, 0.1) is 17.6 Å². The number of hydrogen-bond donors (Lipinski definition) is 1. The molecular formula is C10H13N3. The summed E-state index contributed by atoms with van der Waals surface area (Å²) in [7, 11) is 0. The van der Waals surface area contributed by atoms with Gasteiger partial charge in [0.2, 0.25) is 0 Å². The highest BCUT2D eigenvalue weighted by atomic mass is 15.1. The number of nitrogens with zero attached hydrogens (tertiary/aromatic N) is 2. The van der Waals surface area contributed by atoms with Gasteiger partial charge in [-0.15, -0.1) is 0 Å². The van der Waals surface area contributed by atoms with E-state index in [1.165, 1.54) is 5.56 Å². The van der Waals surface area contributed by atoms with Crippen LogP contribution in [-0.2, 0) is 6.42 Å². The first-order valence-electron chi connectivity index (χ1n) is 4.54. The van der Waals surface area contributed by atoms with E-state index in [9.17, 15) is 0 Å². The Balaban J connectivity index is 2.47. The largest absolute Gasteiger partial charge is 0.276 e. The minimum absolute atomic E-state index is 0.472. The molecule has 1 aromatic rings. The lowest BCUT2D eigenvalue weighted by Gasteiger charge is -2.02. The summed E-state index contributed by atoms with van der Waals surface area (Å²) in [6.07, 6.45) is 6.65. The molecule has 2 heterocycles. The number of aliphatic imine (C=N–C) groups is 1. The van der Waals surface area contributed by atoms with Gasteiger partial charge in [0, 0.05) is 11.8 Å². The van der Waals surface area contributed by atoms with Crippen LogP contribution in [0.15, 0.2) is 17.3 Å². The highest BCUT2D eigenvalue weighted by Crippen LogP contribution is 2.20. The van der Waals surface area contributed by atoms with Crippen LogP contribution in [0, 0.1) is 0 Å². The van der Waals surface area contributed by atoms with E-state index in [4.69, 9.17) is 0 Å². The molecule has 1 aliphatic heterocycles. The summed E-state index contributed by atoms with van der Waals surface area (Å²) in [5.41, 5.74) is 3.49. The van der Waals surface area contributed by atoms with E-state index >= 15 is 0 Å². The lowest BCUT2D eigenvalue weighted by Crippen LogP contribution is -1.94. The SMILES string of the molecule is CC(C)c1n[nH]c2c1CC=CN=C2. The van der Waals surface area contributed by atoms with Gasteiger partial charge < -0.3 is 0 Å². The number of hydrogen-bond acceptors (Lipinski definition) is 2. The van der Waals surface area contributed by atoms with Crippen molar-refractivity contribution in [2.75, 3.05) is 0 Å². The predicted octanol–water partition coefficient (Wildman–Crippen LogP) is 2.02. The Hall–Kier alpha value is -1.38. The van der Waals surface area contributed by atoms with Crippen LogP contribution < -0.4 is 0 Å². The lowest BCUT2D eigenvalue weighted by atomic mass is 10.0. The third-order valence-electron chi connectivity index (χ3n) is 2.20. The fraction of sp³-hybridized carbons (Fsp3) is 0.400. The van der Waals surface area contributed by atoms with E-state index in [-0.39, 0.29) is 0 Å². The van der Waals surface area contributed by atoms with Crippen molar-refractivity contribution in [2.45, 2.75) is 26.2 Å². The van der Waals surface area contributed by atoms with Crippen LogP contribution in [0.3, 0.4) is 0 Å². The second-order valence-corrected chi connectivity index (χ2v) is 3.52. The van der Waals surface area contributed by atoms with Crippen LogP contribution in [0.4, 0.5) is 0 Å². The van der Waals surface area contributed by atoms with E-state index in [0.29, 0.717) is 5.92 Å². The maximum absolute atomic E-state index is 4.29. The van der Waals surface area contributed by atoms with Crippen molar-refractivity contribution in [3.63, 3.8) is 0 Å². The first-order chi connectivity index (χ1) is 6.29. The number of rotatable bonds is 1. The van der Waals surface area contributed by atoms with Gasteiger partial charge >= 0.3 is 0 Å². The highest BCUT2D eigenvalue weighted by molar-refractivity contribution is 5.80. The van der Waals surface area contributed by atoms with Crippen LogP contribution in [0.5, 0.6) is 0 Å². The molecule has 0 unspecified atom stereocenters. The number of aromatic nitrogens is 2. The Morgan fingerprint density at radius 2 is 2.31 bits per heavy atom. The van der Waals surface area contributed by atoms with Crippen molar-refractivity contribution < 1.29 is 0 Å². The van der Waals surface area contributed by atoms with Crippen LogP contribution in [0.2, 0.25) is 0 Å². The zero-order valence-electron chi connectivity index (χ0n) is 7.91. The second kappa shape index (κ2) is 3.17. The molecule has 0 saturated carbocycles. The van der Waals surface area contributed by atoms with Crippen molar-refractivity contribution in [3.8, 4) is 0 Å². The molecule has 0 bridgehead atoms. The van der Waals surface area contributed by atoms with Crippen LogP contribution in [-0.4, -0.2) is 16.4 Å².